The molecule has 21 heavy (non-hydrogen) atoms. The maximum Gasteiger partial charge on any atom is 0.306 e. The van der Waals surface area contributed by atoms with Crippen LogP contribution in [0.25, 0.3) is 0 Å². The lowest BCUT2D eigenvalue weighted by Gasteiger charge is -2.05. The van der Waals surface area contributed by atoms with Crippen molar-refractivity contribution >= 4 is 17.3 Å². The van der Waals surface area contributed by atoms with Crippen LogP contribution in [0.1, 0.15) is 28.7 Å². The van der Waals surface area contributed by atoms with Crippen molar-refractivity contribution in [2.24, 2.45) is 0 Å². The Balaban J connectivity index is 2.30. The summed E-state index contributed by atoms with van der Waals surface area (Å²) in [5.74, 6) is -1.12. The average molecular weight is 293 g/mol. The zero-order chi connectivity index (χ0) is 15.6. The molecule has 0 aliphatic heterocycles. The van der Waals surface area contributed by atoms with Crippen molar-refractivity contribution < 1.29 is 18.6 Å². The van der Waals surface area contributed by atoms with Gasteiger partial charge in [0, 0.05) is 11.8 Å². The van der Waals surface area contributed by atoms with Crippen LogP contribution >= 0.6 is 0 Å². The van der Waals surface area contributed by atoms with E-state index in [0.717, 1.165) is 12.1 Å². The second-order valence-corrected chi connectivity index (χ2v) is 4.29. The lowest BCUT2D eigenvalue weighted by Crippen LogP contribution is -2.14. The SMILES string of the molecule is CCc1noc(C)c1C(=O)Nc1ccc(F)c([N+](=O)[O-])c1. The molecule has 110 valence electrons. The number of nitro benzene ring substituents is 1. The Bertz CT molecular complexity index is 711. The molecule has 0 aliphatic carbocycles. The third-order valence-corrected chi connectivity index (χ3v) is 2.90. The molecule has 2 rings (SSSR count). The quantitative estimate of drug-likeness (QED) is 0.690. The Morgan fingerprint density at radius 1 is 1.52 bits per heavy atom. The maximum absolute atomic E-state index is 13.2. The highest BCUT2D eigenvalue weighted by Gasteiger charge is 2.21. The van der Waals surface area contributed by atoms with Gasteiger partial charge in [-0.2, -0.15) is 4.39 Å². The molecule has 7 nitrogen and oxygen atoms in total. The van der Waals surface area contributed by atoms with E-state index in [0.29, 0.717) is 17.9 Å². The molecule has 0 unspecified atom stereocenters. The number of hydrogen-bond acceptors (Lipinski definition) is 5. The van der Waals surface area contributed by atoms with Gasteiger partial charge in [0.05, 0.1) is 10.6 Å². The first-order valence-corrected chi connectivity index (χ1v) is 6.14. The fourth-order valence-electron chi connectivity index (χ4n) is 1.87. The Kier molecular flexibility index (Phi) is 3.97. The van der Waals surface area contributed by atoms with Crippen LogP contribution in [0.5, 0.6) is 0 Å². The molecule has 8 heteroatoms. The van der Waals surface area contributed by atoms with Crippen LogP contribution in [0.2, 0.25) is 0 Å². The molecule has 0 aliphatic rings. The van der Waals surface area contributed by atoms with Gasteiger partial charge in [0.1, 0.15) is 11.3 Å². The first-order valence-electron chi connectivity index (χ1n) is 6.14. The third kappa shape index (κ3) is 2.88. The number of hydrogen-bond donors (Lipinski definition) is 1. The number of benzene rings is 1. The summed E-state index contributed by atoms with van der Waals surface area (Å²) >= 11 is 0. The summed E-state index contributed by atoms with van der Waals surface area (Å²) in [6, 6.07) is 3.13. The molecule has 1 aromatic heterocycles. The lowest BCUT2D eigenvalue weighted by molar-refractivity contribution is -0.387. The summed E-state index contributed by atoms with van der Waals surface area (Å²) in [5, 5.41) is 16.9. The Labute approximate surface area is 118 Å². The number of carbonyl (C=O) groups is 1. The molecule has 1 heterocycles. The van der Waals surface area contributed by atoms with Crippen molar-refractivity contribution in [2.45, 2.75) is 20.3 Å². The third-order valence-electron chi connectivity index (χ3n) is 2.90. The zero-order valence-electron chi connectivity index (χ0n) is 11.3. The van der Waals surface area contributed by atoms with Crippen LogP contribution in [0.4, 0.5) is 15.8 Å². The van der Waals surface area contributed by atoms with Crippen molar-refractivity contribution in [3.8, 4) is 0 Å². The number of aryl methyl sites for hydroxylation is 2. The number of anilines is 1. The number of aromatic nitrogens is 1. The van der Waals surface area contributed by atoms with Crippen molar-refractivity contribution in [1.29, 1.82) is 0 Å². The zero-order valence-corrected chi connectivity index (χ0v) is 11.3. The number of nitro groups is 1. The van der Waals surface area contributed by atoms with Crippen LogP contribution < -0.4 is 5.32 Å². The van der Waals surface area contributed by atoms with E-state index >= 15 is 0 Å². The van der Waals surface area contributed by atoms with Crippen LogP contribution in [0, 0.1) is 22.9 Å². The van der Waals surface area contributed by atoms with Crippen molar-refractivity contribution in [2.75, 3.05) is 5.32 Å². The van der Waals surface area contributed by atoms with Crippen molar-refractivity contribution in [3.63, 3.8) is 0 Å². The second-order valence-electron chi connectivity index (χ2n) is 4.29. The van der Waals surface area contributed by atoms with Gasteiger partial charge in [-0.3, -0.25) is 14.9 Å². The summed E-state index contributed by atoms with van der Waals surface area (Å²) in [6.07, 6.45) is 0.504. The van der Waals surface area contributed by atoms with Crippen LogP contribution in [0.15, 0.2) is 22.7 Å². The standard InChI is InChI=1S/C13H12FN3O4/c1-3-10-12(7(2)21-16-10)13(18)15-8-4-5-9(14)11(6-8)17(19)20/h4-6H,3H2,1-2H3,(H,15,18). The van der Waals surface area contributed by atoms with Crippen LogP contribution in [-0.4, -0.2) is 16.0 Å². The Morgan fingerprint density at radius 3 is 2.86 bits per heavy atom. The topological polar surface area (TPSA) is 98.3 Å². The molecular weight excluding hydrogens is 281 g/mol. The molecule has 1 amide bonds. The number of rotatable bonds is 4. The fraction of sp³-hybridized carbons (Fsp3) is 0.231. The lowest BCUT2D eigenvalue weighted by atomic mass is 10.1. The number of nitrogens with zero attached hydrogens (tertiary/aromatic N) is 2. The second kappa shape index (κ2) is 5.70. The van der Waals surface area contributed by atoms with Gasteiger partial charge in [0.15, 0.2) is 0 Å². The van der Waals surface area contributed by atoms with E-state index in [1.807, 2.05) is 6.92 Å². The normalized spacial score (nSPS) is 10.4. The summed E-state index contributed by atoms with van der Waals surface area (Å²) in [6.45, 7) is 3.41. The van der Waals surface area contributed by atoms with Gasteiger partial charge >= 0.3 is 5.69 Å². The molecule has 1 aromatic carbocycles. The molecule has 0 radical (unpaired) electrons. The minimum atomic E-state index is -0.964. The van der Waals surface area contributed by atoms with Crippen molar-refractivity contribution in [3.05, 3.63) is 51.1 Å². The maximum atomic E-state index is 13.2. The predicted octanol–water partition coefficient (Wildman–Crippen LogP) is 2.85. The van der Waals surface area contributed by atoms with E-state index in [2.05, 4.69) is 10.5 Å². The van der Waals surface area contributed by atoms with Gasteiger partial charge < -0.3 is 9.84 Å². The monoisotopic (exact) mass is 293 g/mol. The molecule has 1 N–H and O–H groups in total. The van der Waals surface area contributed by atoms with Crippen LogP contribution in [0.3, 0.4) is 0 Å². The number of nitrogens with one attached hydrogen (secondary N) is 1. The molecule has 2 aromatic rings. The van der Waals surface area contributed by atoms with Gasteiger partial charge in [-0.05, 0) is 25.5 Å². The molecule has 0 saturated carbocycles. The first kappa shape index (κ1) is 14.6. The number of amides is 1. The largest absolute Gasteiger partial charge is 0.361 e. The molecule has 0 spiro atoms. The molecular formula is C13H12FN3O4. The minimum absolute atomic E-state index is 0.121. The highest BCUT2D eigenvalue weighted by molar-refractivity contribution is 6.05. The van der Waals surface area contributed by atoms with E-state index in [1.165, 1.54) is 6.07 Å². The van der Waals surface area contributed by atoms with E-state index in [1.54, 1.807) is 6.92 Å². The Morgan fingerprint density at radius 2 is 2.24 bits per heavy atom. The minimum Gasteiger partial charge on any atom is -0.361 e. The van der Waals surface area contributed by atoms with Gasteiger partial charge in [-0.1, -0.05) is 12.1 Å². The summed E-state index contributed by atoms with van der Waals surface area (Å²) in [7, 11) is 0. The average Bonchev–Trinajstić information content (AvgIpc) is 2.81. The molecule has 0 atom stereocenters. The summed E-state index contributed by atoms with van der Waals surface area (Å²) in [5.41, 5.74) is 0.187. The van der Waals surface area contributed by atoms with E-state index in [-0.39, 0.29) is 11.3 Å². The highest BCUT2D eigenvalue weighted by atomic mass is 19.1. The molecule has 0 saturated heterocycles. The summed E-state index contributed by atoms with van der Waals surface area (Å²) < 4.78 is 18.2. The van der Waals surface area contributed by atoms with Crippen LogP contribution in [-0.2, 0) is 6.42 Å². The van der Waals surface area contributed by atoms with Gasteiger partial charge in [0.2, 0.25) is 5.82 Å². The Hall–Kier alpha value is -2.77. The van der Waals surface area contributed by atoms with Gasteiger partial charge in [-0.25, -0.2) is 0 Å². The van der Waals surface area contributed by atoms with Gasteiger partial charge in [0.25, 0.3) is 5.91 Å². The van der Waals surface area contributed by atoms with E-state index < -0.39 is 22.3 Å². The smallest absolute Gasteiger partial charge is 0.306 e. The van der Waals surface area contributed by atoms with Crippen molar-refractivity contribution in [1.82, 2.24) is 5.16 Å². The summed E-state index contributed by atoms with van der Waals surface area (Å²) in [4.78, 5) is 22.0. The van der Waals surface area contributed by atoms with E-state index in [4.69, 9.17) is 4.52 Å². The van der Waals surface area contributed by atoms with Gasteiger partial charge in [-0.15, -0.1) is 0 Å². The molecule has 0 bridgehead atoms. The van der Waals surface area contributed by atoms with E-state index in [9.17, 15) is 19.3 Å². The highest BCUT2D eigenvalue weighted by Crippen LogP contribution is 2.23. The first-order chi connectivity index (χ1) is 9.93. The fourth-order valence-corrected chi connectivity index (χ4v) is 1.87. The predicted molar refractivity (Wildman–Crippen MR) is 71.6 cm³/mol. The molecule has 0 fully saturated rings. The number of halogens is 1. The number of carbonyl (C=O) groups excluding carboxylic acids is 1.